The number of hydrogen-bond donors (Lipinski definition) is 1. The molecule has 6 heteroatoms. The SMILES string of the molecule is COc1ccc(C)cc1C(=O)Nc1cc(Cl)c(C(C#N)c2ccc(Cl)cc2)cc1C. The standard InChI is InChI=1S/C24H20Cl2N2O2/c1-14-4-9-23(30-3)19(10-14)24(29)28-22-12-21(26)18(11-15(22)2)20(13-27)16-5-7-17(25)8-6-16/h4-12,20H,1-3H3,(H,28,29). The van der Waals surface area contributed by atoms with Gasteiger partial charge in [-0.15, -0.1) is 0 Å². The van der Waals surface area contributed by atoms with Gasteiger partial charge < -0.3 is 10.1 Å². The minimum Gasteiger partial charge on any atom is -0.496 e. The van der Waals surface area contributed by atoms with E-state index in [-0.39, 0.29) is 5.91 Å². The van der Waals surface area contributed by atoms with E-state index < -0.39 is 5.92 Å². The average Bonchev–Trinajstić information content (AvgIpc) is 2.73. The van der Waals surface area contributed by atoms with E-state index in [2.05, 4.69) is 11.4 Å². The van der Waals surface area contributed by atoms with E-state index in [0.29, 0.717) is 32.6 Å². The van der Waals surface area contributed by atoms with Crippen LogP contribution in [-0.2, 0) is 0 Å². The molecule has 0 bridgehead atoms. The second-order valence-corrected chi connectivity index (χ2v) is 7.80. The smallest absolute Gasteiger partial charge is 0.259 e. The molecule has 30 heavy (non-hydrogen) atoms. The Morgan fingerprint density at radius 1 is 1.07 bits per heavy atom. The molecule has 1 amide bonds. The van der Waals surface area contributed by atoms with Gasteiger partial charge in [0.05, 0.1) is 24.7 Å². The van der Waals surface area contributed by atoms with Crippen LogP contribution >= 0.6 is 23.2 Å². The van der Waals surface area contributed by atoms with Gasteiger partial charge in [0.1, 0.15) is 5.75 Å². The van der Waals surface area contributed by atoms with Crippen molar-refractivity contribution in [2.45, 2.75) is 19.8 Å². The molecule has 3 rings (SSSR count). The van der Waals surface area contributed by atoms with Crippen molar-refractivity contribution in [1.82, 2.24) is 0 Å². The van der Waals surface area contributed by atoms with Gasteiger partial charge in [0.2, 0.25) is 0 Å². The number of nitriles is 1. The van der Waals surface area contributed by atoms with Crippen LogP contribution in [0.4, 0.5) is 5.69 Å². The minimum atomic E-state index is -0.546. The first-order chi connectivity index (χ1) is 14.3. The van der Waals surface area contributed by atoms with Crippen LogP contribution in [0.2, 0.25) is 10.0 Å². The molecule has 1 N–H and O–H groups in total. The van der Waals surface area contributed by atoms with Crippen molar-refractivity contribution in [3.63, 3.8) is 0 Å². The summed E-state index contributed by atoms with van der Waals surface area (Å²) in [6, 6.07) is 18.3. The lowest BCUT2D eigenvalue weighted by Gasteiger charge is -2.17. The van der Waals surface area contributed by atoms with E-state index in [0.717, 1.165) is 16.7 Å². The van der Waals surface area contributed by atoms with Crippen LogP contribution in [0.25, 0.3) is 0 Å². The number of anilines is 1. The van der Waals surface area contributed by atoms with E-state index >= 15 is 0 Å². The summed E-state index contributed by atoms with van der Waals surface area (Å²) in [6.07, 6.45) is 0. The molecule has 0 fully saturated rings. The fourth-order valence-corrected chi connectivity index (χ4v) is 3.63. The van der Waals surface area contributed by atoms with Crippen LogP contribution in [0.15, 0.2) is 54.6 Å². The monoisotopic (exact) mass is 438 g/mol. The van der Waals surface area contributed by atoms with Gasteiger partial charge in [-0.2, -0.15) is 5.26 Å². The Morgan fingerprint density at radius 2 is 1.77 bits per heavy atom. The Kier molecular flexibility index (Phi) is 6.66. The number of ether oxygens (including phenoxy) is 1. The van der Waals surface area contributed by atoms with Gasteiger partial charge in [-0.1, -0.05) is 53.0 Å². The molecule has 1 unspecified atom stereocenters. The molecule has 152 valence electrons. The number of carbonyl (C=O) groups is 1. The normalized spacial score (nSPS) is 11.5. The summed E-state index contributed by atoms with van der Waals surface area (Å²) < 4.78 is 5.30. The number of nitrogens with one attached hydrogen (secondary N) is 1. The van der Waals surface area contributed by atoms with Crippen molar-refractivity contribution < 1.29 is 9.53 Å². The highest BCUT2D eigenvalue weighted by molar-refractivity contribution is 6.32. The zero-order valence-corrected chi connectivity index (χ0v) is 18.3. The van der Waals surface area contributed by atoms with E-state index in [1.165, 1.54) is 7.11 Å². The highest BCUT2D eigenvalue weighted by atomic mass is 35.5. The largest absolute Gasteiger partial charge is 0.496 e. The molecule has 0 aliphatic carbocycles. The summed E-state index contributed by atoms with van der Waals surface area (Å²) in [5.41, 5.74) is 4.22. The van der Waals surface area contributed by atoms with Crippen molar-refractivity contribution in [2.24, 2.45) is 0 Å². The van der Waals surface area contributed by atoms with Crippen molar-refractivity contribution >= 4 is 34.8 Å². The quantitative estimate of drug-likeness (QED) is 0.492. The first-order valence-corrected chi connectivity index (χ1v) is 10.0. The summed E-state index contributed by atoms with van der Waals surface area (Å²) in [6.45, 7) is 3.77. The molecule has 0 spiro atoms. The molecule has 0 saturated heterocycles. The molecular formula is C24H20Cl2N2O2. The van der Waals surface area contributed by atoms with Crippen molar-refractivity contribution in [2.75, 3.05) is 12.4 Å². The second kappa shape index (κ2) is 9.21. The maximum absolute atomic E-state index is 12.8. The second-order valence-electron chi connectivity index (χ2n) is 6.96. The number of nitrogens with zero attached hydrogens (tertiary/aromatic N) is 1. The van der Waals surface area contributed by atoms with Gasteiger partial charge in [-0.05, 0) is 60.9 Å². The molecule has 4 nitrogen and oxygen atoms in total. The Morgan fingerprint density at radius 3 is 2.40 bits per heavy atom. The molecule has 1 atom stereocenters. The van der Waals surface area contributed by atoms with Gasteiger partial charge in [0.15, 0.2) is 0 Å². The highest BCUT2D eigenvalue weighted by Gasteiger charge is 2.20. The van der Waals surface area contributed by atoms with Crippen LogP contribution < -0.4 is 10.1 Å². The van der Waals surface area contributed by atoms with Crippen LogP contribution in [0, 0.1) is 25.2 Å². The lowest BCUT2D eigenvalue weighted by atomic mass is 9.91. The number of hydrogen-bond acceptors (Lipinski definition) is 3. The van der Waals surface area contributed by atoms with Crippen LogP contribution in [0.1, 0.15) is 38.5 Å². The van der Waals surface area contributed by atoms with Gasteiger partial charge in [-0.3, -0.25) is 4.79 Å². The molecule has 3 aromatic carbocycles. The number of methoxy groups -OCH3 is 1. The number of benzene rings is 3. The predicted molar refractivity (Wildman–Crippen MR) is 121 cm³/mol. The molecule has 0 aliphatic rings. The maximum atomic E-state index is 12.8. The van der Waals surface area contributed by atoms with Gasteiger partial charge in [0, 0.05) is 15.7 Å². The maximum Gasteiger partial charge on any atom is 0.259 e. The van der Waals surface area contributed by atoms with E-state index in [1.54, 1.807) is 30.3 Å². The molecule has 0 aliphatic heterocycles. The highest BCUT2D eigenvalue weighted by Crippen LogP contribution is 2.34. The third kappa shape index (κ3) is 4.59. The molecular weight excluding hydrogens is 419 g/mol. The Labute approximate surface area is 186 Å². The summed E-state index contributed by atoms with van der Waals surface area (Å²) in [5.74, 6) is -0.349. The first kappa shape index (κ1) is 21.7. The van der Waals surface area contributed by atoms with E-state index in [1.807, 2.05) is 38.1 Å². The van der Waals surface area contributed by atoms with Crippen molar-refractivity contribution in [3.05, 3.63) is 92.5 Å². The molecule has 0 heterocycles. The third-order valence-electron chi connectivity index (χ3n) is 4.83. The molecule has 3 aromatic rings. The lowest BCUT2D eigenvalue weighted by molar-refractivity contribution is 0.102. The average molecular weight is 439 g/mol. The summed E-state index contributed by atoms with van der Waals surface area (Å²) in [4.78, 5) is 12.8. The zero-order valence-electron chi connectivity index (χ0n) is 16.8. The number of carbonyl (C=O) groups excluding carboxylic acids is 1. The van der Waals surface area contributed by atoms with E-state index in [4.69, 9.17) is 27.9 Å². The Balaban J connectivity index is 1.93. The number of aryl methyl sites for hydroxylation is 2. The first-order valence-electron chi connectivity index (χ1n) is 9.25. The Hall–Kier alpha value is -3.00. The van der Waals surface area contributed by atoms with Crippen molar-refractivity contribution in [3.8, 4) is 11.8 Å². The predicted octanol–water partition coefficient (Wildman–Crippen LogP) is 6.53. The number of halogens is 2. The minimum absolute atomic E-state index is 0.294. The number of rotatable bonds is 5. The van der Waals surface area contributed by atoms with Gasteiger partial charge in [0.25, 0.3) is 5.91 Å². The Bertz CT molecular complexity index is 1140. The van der Waals surface area contributed by atoms with Crippen LogP contribution in [0.3, 0.4) is 0 Å². The summed E-state index contributed by atoms with van der Waals surface area (Å²) in [7, 11) is 1.52. The third-order valence-corrected chi connectivity index (χ3v) is 5.41. The van der Waals surface area contributed by atoms with Crippen LogP contribution in [-0.4, -0.2) is 13.0 Å². The molecule has 0 saturated carbocycles. The topological polar surface area (TPSA) is 62.1 Å². The van der Waals surface area contributed by atoms with Gasteiger partial charge in [-0.25, -0.2) is 0 Å². The van der Waals surface area contributed by atoms with E-state index in [9.17, 15) is 10.1 Å². The lowest BCUT2D eigenvalue weighted by Crippen LogP contribution is -2.14. The number of amides is 1. The summed E-state index contributed by atoms with van der Waals surface area (Å²) in [5, 5.41) is 13.6. The van der Waals surface area contributed by atoms with Crippen LogP contribution in [0.5, 0.6) is 5.75 Å². The van der Waals surface area contributed by atoms with Gasteiger partial charge >= 0.3 is 0 Å². The molecule has 0 aromatic heterocycles. The molecule has 0 radical (unpaired) electrons. The summed E-state index contributed by atoms with van der Waals surface area (Å²) >= 11 is 12.5. The van der Waals surface area contributed by atoms with Crippen molar-refractivity contribution in [1.29, 1.82) is 5.26 Å². The zero-order chi connectivity index (χ0) is 21.8. The fraction of sp³-hybridized carbons (Fsp3) is 0.167. The fourth-order valence-electron chi connectivity index (χ4n) is 3.23.